The zero-order chi connectivity index (χ0) is 30.1. The molecule has 4 fully saturated rings. The van der Waals surface area contributed by atoms with Crippen molar-refractivity contribution in [2.45, 2.75) is 83.7 Å². The maximum atomic E-state index is 14.0. The van der Waals surface area contributed by atoms with Gasteiger partial charge in [0.25, 0.3) is 0 Å². The molecule has 7 nitrogen and oxygen atoms in total. The first-order chi connectivity index (χ1) is 20.0. The largest absolute Gasteiger partial charge is 0.354 e. The second-order valence-corrected chi connectivity index (χ2v) is 15.5. The van der Waals surface area contributed by atoms with Crippen molar-refractivity contribution in [2.75, 3.05) is 23.7 Å². The first kappa shape index (κ1) is 30.6. The highest BCUT2D eigenvalue weighted by Gasteiger charge is 2.51. The Morgan fingerprint density at radius 2 is 1.50 bits per heavy atom. The molecule has 4 aliphatic carbocycles. The number of sulfonamides is 1. The molecule has 0 aromatic heterocycles. The molecular formula is C34H47N3O4S. The zero-order valence-corrected chi connectivity index (χ0v) is 26.4. The van der Waals surface area contributed by atoms with Crippen molar-refractivity contribution >= 4 is 27.5 Å². The Morgan fingerprint density at radius 3 is 2.00 bits per heavy atom. The Bertz CT molecular complexity index is 1320. The van der Waals surface area contributed by atoms with Gasteiger partial charge in [-0.3, -0.25) is 13.9 Å². The van der Waals surface area contributed by atoms with E-state index in [1.54, 1.807) is 0 Å². The molecule has 0 saturated heterocycles. The monoisotopic (exact) mass is 593 g/mol. The third-order valence-corrected chi connectivity index (χ3v) is 10.9. The Kier molecular flexibility index (Phi) is 9.02. The van der Waals surface area contributed by atoms with E-state index in [2.05, 4.69) is 17.4 Å². The summed E-state index contributed by atoms with van der Waals surface area (Å²) in [5, 5.41) is 2.97. The lowest BCUT2D eigenvalue weighted by atomic mass is 9.48. The average Bonchev–Trinajstić information content (AvgIpc) is 2.94. The molecule has 4 aliphatic rings. The van der Waals surface area contributed by atoms with E-state index in [1.165, 1.54) is 53.3 Å². The topological polar surface area (TPSA) is 86.8 Å². The third kappa shape index (κ3) is 6.69. The molecule has 4 bridgehead atoms. The predicted molar refractivity (Wildman–Crippen MR) is 167 cm³/mol. The van der Waals surface area contributed by atoms with Crippen molar-refractivity contribution < 1.29 is 18.0 Å². The van der Waals surface area contributed by atoms with Crippen LogP contribution in [-0.4, -0.2) is 50.5 Å². The molecule has 1 N–H and O–H groups in total. The molecule has 0 spiro atoms. The summed E-state index contributed by atoms with van der Waals surface area (Å²) < 4.78 is 27.4. The Labute approximate surface area is 252 Å². The summed E-state index contributed by atoms with van der Waals surface area (Å²) in [5.74, 6) is 2.11. The van der Waals surface area contributed by atoms with Gasteiger partial charge in [0.15, 0.2) is 0 Å². The van der Waals surface area contributed by atoms with Gasteiger partial charge < -0.3 is 10.2 Å². The Balaban J connectivity index is 1.39. The van der Waals surface area contributed by atoms with Crippen molar-refractivity contribution in [3.63, 3.8) is 0 Å². The standard InChI is InChI=1S/C34H47N3O4S/c1-5-31(33(39)35-21-24(2)3)36(22-25-9-7-6-8-10-25)32(38)23-37(42(4,40)41)30-13-11-29(12-14-30)34-18-26-15-27(19-34)17-28(16-26)20-34/h6-14,24,26-28,31H,5,15-23H2,1-4H3,(H,35,39)/t26?,27?,28?,31-,34?/m1/s1. The van der Waals surface area contributed by atoms with Crippen LogP contribution in [0.5, 0.6) is 0 Å². The minimum atomic E-state index is -3.77. The van der Waals surface area contributed by atoms with E-state index in [4.69, 9.17) is 0 Å². The number of rotatable bonds is 12. The summed E-state index contributed by atoms with van der Waals surface area (Å²) in [6.07, 6.45) is 9.37. The average molecular weight is 594 g/mol. The van der Waals surface area contributed by atoms with Crippen LogP contribution in [0.4, 0.5) is 5.69 Å². The van der Waals surface area contributed by atoms with Crippen molar-refractivity contribution in [1.82, 2.24) is 10.2 Å². The molecule has 0 radical (unpaired) electrons. The number of hydrogen-bond acceptors (Lipinski definition) is 4. The van der Waals surface area contributed by atoms with E-state index >= 15 is 0 Å². The second-order valence-electron chi connectivity index (χ2n) is 13.6. The van der Waals surface area contributed by atoms with Gasteiger partial charge in [0.1, 0.15) is 12.6 Å². The smallest absolute Gasteiger partial charge is 0.244 e. The van der Waals surface area contributed by atoms with Crippen LogP contribution in [0.15, 0.2) is 54.6 Å². The summed E-state index contributed by atoms with van der Waals surface area (Å²) in [7, 11) is -3.77. The van der Waals surface area contributed by atoms with Gasteiger partial charge in [0.2, 0.25) is 21.8 Å². The first-order valence-electron chi connectivity index (χ1n) is 15.7. The van der Waals surface area contributed by atoms with E-state index < -0.39 is 22.0 Å². The molecule has 2 aromatic rings. The molecule has 8 heteroatoms. The highest BCUT2D eigenvalue weighted by molar-refractivity contribution is 7.92. The number of hydrogen-bond donors (Lipinski definition) is 1. The molecule has 2 amide bonds. The molecule has 6 rings (SSSR count). The Morgan fingerprint density at radius 1 is 0.929 bits per heavy atom. The molecule has 1 atom stereocenters. The van der Waals surface area contributed by atoms with Crippen LogP contribution in [0.25, 0.3) is 0 Å². The predicted octanol–water partition coefficient (Wildman–Crippen LogP) is 5.50. The lowest BCUT2D eigenvalue weighted by Crippen LogP contribution is -2.52. The van der Waals surface area contributed by atoms with Crippen LogP contribution >= 0.6 is 0 Å². The molecule has 4 saturated carbocycles. The maximum absolute atomic E-state index is 14.0. The van der Waals surface area contributed by atoms with Crippen LogP contribution in [0.2, 0.25) is 0 Å². The zero-order valence-electron chi connectivity index (χ0n) is 25.6. The summed E-state index contributed by atoms with van der Waals surface area (Å²) in [4.78, 5) is 28.7. The van der Waals surface area contributed by atoms with Crippen LogP contribution < -0.4 is 9.62 Å². The van der Waals surface area contributed by atoms with Crippen LogP contribution in [-0.2, 0) is 31.6 Å². The van der Waals surface area contributed by atoms with Gasteiger partial charge in [-0.15, -0.1) is 0 Å². The first-order valence-corrected chi connectivity index (χ1v) is 17.5. The van der Waals surface area contributed by atoms with E-state index in [9.17, 15) is 18.0 Å². The van der Waals surface area contributed by atoms with E-state index in [1.807, 2.05) is 63.2 Å². The highest BCUT2D eigenvalue weighted by atomic mass is 32.2. The summed E-state index contributed by atoms with van der Waals surface area (Å²) in [5.41, 5.74) is 2.88. The van der Waals surface area contributed by atoms with E-state index in [0.29, 0.717) is 18.7 Å². The van der Waals surface area contributed by atoms with Gasteiger partial charge in [0.05, 0.1) is 11.9 Å². The SMILES string of the molecule is CC[C@H](C(=O)NCC(C)C)N(Cc1ccccc1)C(=O)CN(c1ccc(C23CC4CC(CC(C4)C2)C3)cc1)S(C)(=O)=O. The van der Waals surface area contributed by atoms with Crippen LogP contribution in [0, 0.1) is 23.7 Å². The van der Waals surface area contributed by atoms with Crippen LogP contribution in [0.1, 0.15) is 76.8 Å². The van der Waals surface area contributed by atoms with Crippen molar-refractivity contribution in [3.8, 4) is 0 Å². The number of nitrogens with zero attached hydrogens (tertiary/aromatic N) is 2. The number of amides is 2. The minimum absolute atomic E-state index is 0.212. The van der Waals surface area contributed by atoms with Gasteiger partial charge in [-0.25, -0.2) is 8.42 Å². The van der Waals surface area contributed by atoms with Crippen molar-refractivity contribution in [2.24, 2.45) is 23.7 Å². The molecule has 228 valence electrons. The fourth-order valence-corrected chi connectivity index (χ4v) is 9.03. The molecular weight excluding hydrogens is 546 g/mol. The van der Waals surface area contributed by atoms with Gasteiger partial charge in [-0.2, -0.15) is 0 Å². The second kappa shape index (κ2) is 12.4. The molecule has 42 heavy (non-hydrogen) atoms. The van der Waals surface area contributed by atoms with Gasteiger partial charge in [0, 0.05) is 13.1 Å². The lowest BCUT2D eigenvalue weighted by molar-refractivity contribution is -0.140. The molecule has 0 unspecified atom stereocenters. The van der Waals surface area contributed by atoms with Crippen molar-refractivity contribution in [1.29, 1.82) is 0 Å². The normalized spacial score (nSPS) is 25.3. The van der Waals surface area contributed by atoms with Crippen molar-refractivity contribution in [3.05, 3.63) is 65.7 Å². The fourth-order valence-electron chi connectivity index (χ4n) is 8.18. The lowest BCUT2D eigenvalue weighted by Gasteiger charge is -2.57. The minimum Gasteiger partial charge on any atom is -0.354 e. The van der Waals surface area contributed by atoms with E-state index in [0.717, 1.165) is 29.6 Å². The number of nitrogens with one attached hydrogen (secondary N) is 1. The number of carbonyl (C=O) groups excluding carboxylic acids is 2. The quantitative estimate of drug-likeness (QED) is 0.352. The molecule has 0 heterocycles. The summed E-state index contributed by atoms with van der Waals surface area (Å²) in [6, 6.07) is 16.7. The van der Waals surface area contributed by atoms with Crippen LogP contribution in [0.3, 0.4) is 0 Å². The Hall–Kier alpha value is -2.87. The molecule has 0 aliphatic heterocycles. The maximum Gasteiger partial charge on any atom is 0.244 e. The highest BCUT2D eigenvalue weighted by Crippen LogP contribution is 2.60. The van der Waals surface area contributed by atoms with Gasteiger partial charge >= 0.3 is 0 Å². The molecule has 2 aromatic carbocycles. The third-order valence-electron chi connectivity index (χ3n) is 9.75. The summed E-state index contributed by atoms with van der Waals surface area (Å²) >= 11 is 0. The van der Waals surface area contributed by atoms with E-state index in [-0.39, 0.29) is 30.3 Å². The summed E-state index contributed by atoms with van der Waals surface area (Å²) in [6.45, 7) is 6.28. The number of anilines is 1. The number of carbonyl (C=O) groups is 2. The number of benzene rings is 2. The van der Waals surface area contributed by atoms with Gasteiger partial charge in [-0.05, 0) is 97.3 Å². The van der Waals surface area contributed by atoms with Gasteiger partial charge in [-0.1, -0.05) is 63.2 Å². The fraction of sp³-hybridized carbons (Fsp3) is 0.588.